The molecule has 1 aliphatic carbocycles. The molecule has 2 aromatic carbocycles. The molecule has 1 aromatic heterocycles. The summed E-state index contributed by atoms with van der Waals surface area (Å²) in [6.07, 6.45) is 10.0. The fourth-order valence-corrected chi connectivity index (χ4v) is 7.16. The van der Waals surface area contributed by atoms with E-state index in [2.05, 4.69) is 122 Å². The number of pyridine rings is 1. The average Bonchev–Trinajstić information content (AvgIpc) is 3.32. The Balaban J connectivity index is 1.46. The first-order chi connectivity index (χ1) is 19.0. The van der Waals surface area contributed by atoms with Crippen molar-refractivity contribution in [1.82, 2.24) is 10.3 Å². The van der Waals surface area contributed by atoms with E-state index < -0.39 is 0 Å². The predicted octanol–water partition coefficient (Wildman–Crippen LogP) is 8.15. The summed E-state index contributed by atoms with van der Waals surface area (Å²) in [6.45, 7) is 9.37. The second kappa shape index (κ2) is 9.44. The number of nitrogens with one attached hydrogen (secondary N) is 1. The number of fused-ring (bicyclic) bond motifs is 4. The van der Waals surface area contributed by atoms with Crippen LogP contribution in [0.4, 0.5) is 17.2 Å². The zero-order valence-electron chi connectivity index (χ0n) is 23.4. The summed E-state index contributed by atoms with van der Waals surface area (Å²) in [7, 11) is 0. The van der Waals surface area contributed by atoms with Crippen LogP contribution in [-0.2, 0) is 0 Å². The number of hydrogen-bond donors (Lipinski definition) is 1. The molecule has 0 fully saturated rings. The molecule has 4 atom stereocenters. The molecule has 39 heavy (non-hydrogen) atoms. The first kappa shape index (κ1) is 24.3. The molecule has 7 rings (SSSR count). The van der Waals surface area contributed by atoms with Gasteiger partial charge in [-0.25, -0.2) is 4.98 Å². The molecule has 4 aliphatic rings. The number of para-hydroxylation sites is 2. The van der Waals surface area contributed by atoms with Gasteiger partial charge in [-0.2, -0.15) is 0 Å². The van der Waals surface area contributed by atoms with Crippen LogP contribution in [0.25, 0.3) is 5.57 Å². The quantitative estimate of drug-likeness (QED) is 0.382. The standard InChI is InChI=1S/C35H38N4/c1-22(2)25-16-18-36-32(20-25)39-29-13-9-8-12-27(29)33-23(3)14-15-24(4)34(33)35-31(39)21-30-28(37-35)17-19-38(30)26-10-6-5-7-11-26/h5-13,16-20,22-24,28,30,37H,14-15,21H2,1-4H3/t23-,24?,28?,30?/m1/s1. The normalized spacial score (nSPS) is 25.7. The molecule has 4 nitrogen and oxygen atoms in total. The number of allylic oxidation sites excluding steroid dienone is 2. The van der Waals surface area contributed by atoms with E-state index in [0.29, 0.717) is 23.8 Å². The second-order valence-corrected chi connectivity index (χ2v) is 12.0. The van der Waals surface area contributed by atoms with Crippen molar-refractivity contribution in [3.05, 3.63) is 113 Å². The zero-order valence-corrected chi connectivity index (χ0v) is 23.4. The molecule has 3 aromatic rings. The summed E-state index contributed by atoms with van der Waals surface area (Å²) in [6, 6.07) is 24.9. The van der Waals surface area contributed by atoms with Gasteiger partial charge in [-0.3, -0.25) is 4.90 Å². The van der Waals surface area contributed by atoms with E-state index in [-0.39, 0.29) is 6.04 Å². The smallest absolute Gasteiger partial charge is 0.137 e. The molecule has 0 radical (unpaired) electrons. The molecular weight excluding hydrogens is 476 g/mol. The molecule has 0 saturated carbocycles. The van der Waals surface area contributed by atoms with Crippen LogP contribution in [0.2, 0.25) is 0 Å². The largest absolute Gasteiger partial charge is 0.375 e. The minimum atomic E-state index is 0.264. The Morgan fingerprint density at radius 2 is 1.64 bits per heavy atom. The van der Waals surface area contributed by atoms with Crippen molar-refractivity contribution < 1.29 is 0 Å². The predicted molar refractivity (Wildman–Crippen MR) is 162 cm³/mol. The van der Waals surface area contributed by atoms with E-state index in [9.17, 15) is 0 Å². The van der Waals surface area contributed by atoms with Gasteiger partial charge in [0.2, 0.25) is 0 Å². The molecule has 0 spiro atoms. The van der Waals surface area contributed by atoms with E-state index in [1.54, 1.807) is 0 Å². The van der Waals surface area contributed by atoms with Gasteiger partial charge in [-0.05, 0) is 83.7 Å². The van der Waals surface area contributed by atoms with Gasteiger partial charge in [-0.1, -0.05) is 64.1 Å². The van der Waals surface area contributed by atoms with Crippen LogP contribution >= 0.6 is 0 Å². The summed E-state index contributed by atoms with van der Waals surface area (Å²) in [5.41, 5.74) is 10.9. The van der Waals surface area contributed by atoms with Crippen molar-refractivity contribution in [3.63, 3.8) is 0 Å². The lowest BCUT2D eigenvalue weighted by molar-refractivity contribution is 0.463. The molecule has 0 amide bonds. The fourth-order valence-electron chi connectivity index (χ4n) is 7.16. The topological polar surface area (TPSA) is 31.4 Å². The number of nitrogens with zero attached hydrogens (tertiary/aromatic N) is 3. The van der Waals surface area contributed by atoms with Crippen molar-refractivity contribution in [2.24, 2.45) is 11.8 Å². The van der Waals surface area contributed by atoms with Crippen molar-refractivity contribution >= 4 is 22.8 Å². The van der Waals surface area contributed by atoms with Crippen LogP contribution in [-0.4, -0.2) is 17.1 Å². The summed E-state index contributed by atoms with van der Waals surface area (Å²) in [5, 5.41) is 4.10. The maximum atomic E-state index is 5.01. The van der Waals surface area contributed by atoms with Crippen LogP contribution in [0.15, 0.2) is 102 Å². The molecule has 0 bridgehead atoms. The molecule has 1 N–H and O–H groups in total. The average molecular weight is 515 g/mol. The van der Waals surface area contributed by atoms with Crippen molar-refractivity contribution in [1.29, 1.82) is 0 Å². The number of benzene rings is 2. The SMILES string of the molecule is CC1CC[C@@H](C)C2=C1C1=C(CC3C(C=CN3c3ccccc3)N1)N(c1cc(C(C)C)ccn1)c1ccccc12. The Morgan fingerprint density at radius 3 is 2.44 bits per heavy atom. The van der Waals surface area contributed by atoms with E-state index in [0.717, 1.165) is 12.2 Å². The third kappa shape index (κ3) is 3.92. The third-order valence-corrected chi connectivity index (χ3v) is 9.23. The van der Waals surface area contributed by atoms with Gasteiger partial charge in [0.25, 0.3) is 0 Å². The highest BCUT2D eigenvalue weighted by atomic mass is 15.3. The molecule has 3 aliphatic heterocycles. The van der Waals surface area contributed by atoms with E-state index in [1.165, 1.54) is 57.9 Å². The van der Waals surface area contributed by atoms with Crippen molar-refractivity contribution in [2.45, 2.75) is 65.0 Å². The summed E-state index contributed by atoms with van der Waals surface area (Å²) < 4.78 is 0. The second-order valence-electron chi connectivity index (χ2n) is 12.0. The summed E-state index contributed by atoms with van der Waals surface area (Å²) >= 11 is 0. The molecule has 0 saturated heterocycles. The lowest BCUT2D eigenvalue weighted by atomic mass is 9.73. The lowest BCUT2D eigenvalue weighted by Crippen LogP contribution is -2.49. The fraction of sp³-hybridized carbons (Fsp3) is 0.343. The van der Waals surface area contributed by atoms with Crippen LogP contribution in [0.3, 0.4) is 0 Å². The zero-order chi connectivity index (χ0) is 26.7. The van der Waals surface area contributed by atoms with Gasteiger partial charge in [0, 0.05) is 30.1 Å². The van der Waals surface area contributed by atoms with Crippen LogP contribution in [0, 0.1) is 11.8 Å². The Bertz CT molecular complexity index is 1500. The highest BCUT2D eigenvalue weighted by Gasteiger charge is 2.43. The maximum Gasteiger partial charge on any atom is 0.137 e. The minimum Gasteiger partial charge on any atom is -0.375 e. The number of anilines is 3. The Kier molecular flexibility index (Phi) is 5.88. The van der Waals surface area contributed by atoms with Crippen LogP contribution in [0.1, 0.15) is 64.0 Å². The third-order valence-electron chi connectivity index (χ3n) is 9.23. The lowest BCUT2D eigenvalue weighted by Gasteiger charge is -2.41. The Labute approximate surface area is 232 Å². The van der Waals surface area contributed by atoms with Gasteiger partial charge < -0.3 is 10.2 Å². The van der Waals surface area contributed by atoms with Gasteiger partial charge in [-0.15, -0.1) is 0 Å². The number of aromatic nitrogens is 1. The van der Waals surface area contributed by atoms with Gasteiger partial charge in [0.15, 0.2) is 0 Å². The first-order valence-corrected chi connectivity index (χ1v) is 14.6. The van der Waals surface area contributed by atoms with Crippen molar-refractivity contribution in [2.75, 3.05) is 9.80 Å². The first-order valence-electron chi connectivity index (χ1n) is 14.6. The monoisotopic (exact) mass is 514 g/mol. The van der Waals surface area contributed by atoms with Crippen LogP contribution < -0.4 is 15.1 Å². The van der Waals surface area contributed by atoms with E-state index in [1.807, 2.05) is 6.20 Å². The Hall–Kier alpha value is -3.79. The molecule has 3 unspecified atom stereocenters. The van der Waals surface area contributed by atoms with Gasteiger partial charge in [0.1, 0.15) is 5.82 Å². The van der Waals surface area contributed by atoms with Gasteiger partial charge >= 0.3 is 0 Å². The number of hydrogen-bond acceptors (Lipinski definition) is 4. The van der Waals surface area contributed by atoms with Crippen LogP contribution in [0.5, 0.6) is 0 Å². The van der Waals surface area contributed by atoms with E-state index >= 15 is 0 Å². The van der Waals surface area contributed by atoms with E-state index in [4.69, 9.17) is 4.98 Å². The minimum absolute atomic E-state index is 0.264. The highest BCUT2D eigenvalue weighted by molar-refractivity contribution is 5.89. The molecule has 4 heteroatoms. The maximum absolute atomic E-state index is 5.01. The number of rotatable bonds is 3. The molecular formula is C35H38N4. The Morgan fingerprint density at radius 1 is 0.897 bits per heavy atom. The van der Waals surface area contributed by atoms with Crippen molar-refractivity contribution in [3.8, 4) is 0 Å². The highest BCUT2D eigenvalue weighted by Crippen LogP contribution is 2.52. The summed E-state index contributed by atoms with van der Waals surface area (Å²) in [4.78, 5) is 9.95. The summed E-state index contributed by atoms with van der Waals surface area (Å²) in [5.74, 6) is 2.47. The molecule has 4 heterocycles. The van der Waals surface area contributed by atoms with Gasteiger partial charge in [0.05, 0.1) is 29.2 Å². The molecule has 198 valence electrons.